The van der Waals surface area contributed by atoms with E-state index in [9.17, 15) is 0 Å². The lowest BCUT2D eigenvalue weighted by molar-refractivity contribution is 0.108. The van der Waals surface area contributed by atoms with Gasteiger partial charge in [-0.15, -0.1) is 11.3 Å². The van der Waals surface area contributed by atoms with Crippen molar-refractivity contribution in [2.75, 3.05) is 12.4 Å². The van der Waals surface area contributed by atoms with Gasteiger partial charge >= 0.3 is 0 Å². The van der Waals surface area contributed by atoms with Crippen LogP contribution in [0.4, 0.5) is 5.13 Å². The fraction of sp³-hybridized carbons (Fsp3) is 0.400. The predicted octanol–water partition coefficient (Wildman–Crippen LogP) is 3.79. The molecule has 1 aliphatic rings. The fourth-order valence-electron chi connectivity index (χ4n) is 2.54. The van der Waals surface area contributed by atoms with Crippen LogP contribution in [0.3, 0.4) is 0 Å². The molecule has 2 unspecified atom stereocenters. The van der Waals surface area contributed by atoms with E-state index in [1.165, 1.54) is 12.0 Å². The van der Waals surface area contributed by atoms with Crippen LogP contribution >= 0.6 is 11.3 Å². The van der Waals surface area contributed by atoms with Gasteiger partial charge in [-0.2, -0.15) is 0 Å². The number of thiazole rings is 1. The minimum Gasteiger partial charge on any atom is -0.381 e. The van der Waals surface area contributed by atoms with Gasteiger partial charge in [-0.25, -0.2) is 4.98 Å². The quantitative estimate of drug-likeness (QED) is 0.921. The predicted molar refractivity (Wildman–Crippen MR) is 79.6 cm³/mol. The highest BCUT2D eigenvalue weighted by atomic mass is 32.1. The van der Waals surface area contributed by atoms with E-state index in [0.717, 1.165) is 23.7 Å². The topological polar surface area (TPSA) is 34.1 Å². The molecule has 1 aromatic heterocycles. The third-order valence-corrected chi connectivity index (χ3v) is 4.39. The van der Waals surface area contributed by atoms with Gasteiger partial charge in [-0.05, 0) is 19.3 Å². The highest BCUT2D eigenvalue weighted by molar-refractivity contribution is 7.14. The molecule has 0 bridgehead atoms. The van der Waals surface area contributed by atoms with Crippen LogP contribution in [-0.4, -0.2) is 24.2 Å². The second-order valence-corrected chi connectivity index (χ2v) is 5.77. The molecule has 0 radical (unpaired) electrons. The number of hydrogen-bond acceptors (Lipinski definition) is 4. The monoisotopic (exact) mass is 274 g/mol. The lowest BCUT2D eigenvalue weighted by Gasteiger charge is -2.11. The molecule has 1 aliphatic carbocycles. The molecule has 19 heavy (non-hydrogen) atoms. The summed E-state index contributed by atoms with van der Waals surface area (Å²) in [6.07, 6.45) is 3.80. The summed E-state index contributed by atoms with van der Waals surface area (Å²) in [6, 6.07) is 10.8. The number of aromatic nitrogens is 1. The van der Waals surface area contributed by atoms with Crippen molar-refractivity contribution in [1.29, 1.82) is 0 Å². The first-order valence-corrected chi connectivity index (χ1v) is 7.53. The standard InChI is InChI=1S/C15H18N2OS/c1-18-13-8-7-12(9-13)16-15-17-14(10-19-15)11-5-3-2-4-6-11/h2-6,10,12-13H,7-9H2,1H3,(H,16,17). The zero-order valence-corrected chi connectivity index (χ0v) is 11.8. The minimum absolute atomic E-state index is 0.408. The Bertz CT molecular complexity index is 526. The molecule has 3 rings (SSSR count). The van der Waals surface area contributed by atoms with Crippen molar-refractivity contribution in [1.82, 2.24) is 4.98 Å². The van der Waals surface area contributed by atoms with Crippen molar-refractivity contribution in [3.8, 4) is 11.3 Å². The second kappa shape index (κ2) is 5.72. The van der Waals surface area contributed by atoms with E-state index in [1.54, 1.807) is 18.4 Å². The number of hydrogen-bond donors (Lipinski definition) is 1. The summed E-state index contributed by atoms with van der Waals surface area (Å²) < 4.78 is 5.40. The van der Waals surface area contributed by atoms with Crippen LogP contribution in [-0.2, 0) is 4.74 Å². The summed E-state index contributed by atoms with van der Waals surface area (Å²) in [5.74, 6) is 0. The Hall–Kier alpha value is -1.39. The molecule has 2 aromatic rings. The summed E-state index contributed by atoms with van der Waals surface area (Å²) in [5.41, 5.74) is 2.22. The summed E-state index contributed by atoms with van der Waals surface area (Å²) in [4.78, 5) is 4.66. The molecule has 0 spiro atoms. The molecule has 0 aliphatic heterocycles. The van der Waals surface area contributed by atoms with E-state index >= 15 is 0 Å². The molecular weight excluding hydrogens is 256 g/mol. The van der Waals surface area contributed by atoms with Gasteiger partial charge in [0.25, 0.3) is 0 Å². The van der Waals surface area contributed by atoms with Crippen LogP contribution < -0.4 is 5.32 Å². The Balaban J connectivity index is 1.66. The summed E-state index contributed by atoms with van der Waals surface area (Å²) >= 11 is 1.68. The lowest BCUT2D eigenvalue weighted by atomic mass is 10.2. The second-order valence-electron chi connectivity index (χ2n) is 4.92. The first-order valence-electron chi connectivity index (χ1n) is 6.65. The highest BCUT2D eigenvalue weighted by Gasteiger charge is 2.24. The Kier molecular flexibility index (Phi) is 3.80. The average molecular weight is 274 g/mol. The first-order chi connectivity index (χ1) is 9.35. The highest BCUT2D eigenvalue weighted by Crippen LogP contribution is 2.29. The van der Waals surface area contributed by atoms with Crippen molar-refractivity contribution in [3.05, 3.63) is 35.7 Å². The number of benzene rings is 1. The zero-order valence-electron chi connectivity index (χ0n) is 11.0. The van der Waals surface area contributed by atoms with Crippen LogP contribution in [0, 0.1) is 0 Å². The minimum atomic E-state index is 0.408. The Morgan fingerprint density at radius 2 is 2.11 bits per heavy atom. The van der Waals surface area contributed by atoms with Crippen LogP contribution in [0.1, 0.15) is 19.3 Å². The summed E-state index contributed by atoms with van der Waals surface area (Å²) in [5, 5.41) is 6.65. The van der Waals surface area contributed by atoms with Gasteiger partial charge < -0.3 is 10.1 Å². The summed E-state index contributed by atoms with van der Waals surface area (Å²) in [6.45, 7) is 0. The molecule has 100 valence electrons. The molecule has 3 nitrogen and oxygen atoms in total. The van der Waals surface area contributed by atoms with Gasteiger partial charge in [-0.1, -0.05) is 30.3 Å². The van der Waals surface area contributed by atoms with E-state index in [2.05, 4.69) is 27.8 Å². The fourth-order valence-corrected chi connectivity index (χ4v) is 3.34. The Labute approximate surface area is 117 Å². The van der Waals surface area contributed by atoms with Crippen LogP contribution in [0.2, 0.25) is 0 Å². The maximum absolute atomic E-state index is 5.40. The molecular formula is C15H18N2OS. The third-order valence-electron chi connectivity index (χ3n) is 3.62. The number of nitrogens with zero attached hydrogens (tertiary/aromatic N) is 1. The molecule has 1 heterocycles. The average Bonchev–Trinajstić information content (AvgIpc) is 3.09. The maximum atomic E-state index is 5.40. The normalized spacial score (nSPS) is 22.6. The van der Waals surface area contributed by atoms with Crippen LogP contribution in [0.25, 0.3) is 11.3 Å². The van der Waals surface area contributed by atoms with Crippen molar-refractivity contribution in [2.24, 2.45) is 0 Å². The number of ether oxygens (including phenoxy) is 1. The van der Waals surface area contributed by atoms with E-state index in [1.807, 2.05) is 18.2 Å². The van der Waals surface area contributed by atoms with Gasteiger partial charge in [-0.3, -0.25) is 0 Å². The Morgan fingerprint density at radius 3 is 2.84 bits per heavy atom. The van der Waals surface area contributed by atoms with Crippen molar-refractivity contribution in [2.45, 2.75) is 31.4 Å². The van der Waals surface area contributed by atoms with Crippen molar-refractivity contribution in [3.63, 3.8) is 0 Å². The van der Waals surface area contributed by atoms with E-state index in [4.69, 9.17) is 4.74 Å². The van der Waals surface area contributed by atoms with Gasteiger partial charge in [0.15, 0.2) is 5.13 Å². The SMILES string of the molecule is COC1CCC(Nc2nc(-c3ccccc3)cs2)C1. The smallest absolute Gasteiger partial charge is 0.183 e. The van der Waals surface area contributed by atoms with Gasteiger partial charge in [0.2, 0.25) is 0 Å². The maximum Gasteiger partial charge on any atom is 0.183 e. The molecule has 1 saturated carbocycles. The number of rotatable bonds is 4. The molecule has 0 amide bonds. The first kappa shape index (κ1) is 12.6. The molecule has 1 fully saturated rings. The third kappa shape index (κ3) is 2.96. The number of methoxy groups -OCH3 is 1. The van der Waals surface area contributed by atoms with E-state index in [0.29, 0.717) is 12.1 Å². The van der Waals surface area contributed by atoms with Gasteiger partial charge in [0.05, 0.1) is 11.8 Å². The van der Waals surface area contributed by atoms with Gasteiger partial charge in [0, 0.05) is 24.1 Å². The Morgan fingerprint density at radius 1 is 1.26 bits per heavy atom. The lowest BCUT2D eigenvalue weighted by Crippen LogP contribution is -2.17. The number of anilines is 1. The summed E-state index contributed by atoms with van der Waals surface area (Å²) in [7, 11) is 1.80. The molecule has 1 aromatic carbocycles. The van der Waals surface area contributed by atoms with Crippen molar-refractivity contribution < 1.29 is 4.74 Å². The molecule has 4 heteroatoms. The van der Waals surface area contributed by atoms with Crippen LogP contribution in [0.5, 0.6) is 0 Å². The molecule has 2 atom stereocenters. The van der Waals surface area contributed by atoms with E-state index in [-0.39, 0.29) is 0 Å². The van der Waals surface area contributed by atoms with Crippen molar-refractivity contribution >= 4 is 16.5 Å². The molecule has 0 saturated heterocycles. The molecule has 1 N–H and O–H groups in total. The largest absolute Gasteiger partial charge is 0.381 e. The van der Waals surface area contributed by atoms with Crippen LogP contribution in [0.15, 0.2) is 35.7 Å². The number of nitrogens with one attached hydrogen (secondary N) is 1. The van der Waals surface area contributed by atoms with Gasteiger partial charge in [0.1, 0.15) is 0 Å². The zero-order chi connectivity index (χ0) is 13.1. The van der Waals surface area contributed by atoms with E-state index < -0.39 is 0 Å².